The summed E-state index contributed by atoms with van der Waals surface area (Å²) < 4.78 is 6.16. The van der Waals surface area contributed by atoms with Crippen LogP contribution in [0.25, 0.3) is 0 Å². The predicted octanol–water partition coefficient (Wildman–Crippen LogP) is 4.24. The number of nitrogens with one attached hydrogen (secondary N) is 1. The smallest absolute Gasteiger partial charge is 0.411 e. The van der Waals surface area contributed by atoms with Crippen LogP contribution in [-0.4, -0.2) is 12.7 Å². The first-order valence-electron chi connectivity index (χ1n) is 5.97. The van der Waals surface area contributed by atoms with Crippen LogP contribution >= 0.6 is 15.9 Å². The van der Waals surface area contributed by atoms with Crippen LogP contribution in [0.5, 0.6) is 0 Å². The largest absolute Gasteiger partial charge is 0.449 e. The Morgan fingerprint density at radius 3 is 2.42 bits per heavy atom. The fraction of sp³-hybridized carbons (Fsp3) is 0.133. The maximum atomic E-state index is 11.5. The molecule has 0 atom stereocenters. The fourth-order valence-electron chi connectivity index (χ4n) is 1.59. The molecule has 0 fully saturated rings. The molecule has 0 bridgehead atoms. The molecule has 98 valence electrons. The number of hydrogen-bond acceptors (Lipinski definition) is 2. The molecule has 0 radical (unpaired) electrons. The van der Waals surface area contributed by atoms with Gasteiger partial charge >= 0.3 is 6.09 Å². The summed E-state index contributed by atoms with van der Waals surface area (Å²) in [6.45, 7) is 0.361. The molecular formula is C15H14BrNO2. The van der Waals surface area contributed by atoms with Crippen molar-refractivity contribution in [3.05, 3.63) is 64.6 Å². The van der Waals surface area contributed by atoms with Gasteiger partial charge in [0.25, 0.3) is 0 Å². The van der Waals surface area contributed by atoms with Gasteiger partial charge < -0.3 is 4.74 Å². The van der Waals surface area contributed by atoms with Gasteiger partial charge in [0.2, 0.25) is 0 Å². The summed E-state index contributed by atoms with van der Waals surface area (Å²) >= 11 is 3.38. The minimum absolute atomic E-state index is 0.361. The minimum atomic E-state index is -0.427. The number of carbonyl (C=O) groups is 1. The van der Waals surface area contributed by atoms with E-state index in [1.54, 1.807) is 0 Å². The second-order valence-electron chi connectivity index (χ2n) is 4.00. The Morgan fingerprint density at radius 1 is 1.05 bits per heavy atom. The summed E-state index contributed by atoms with van der Waals surface area (Å²) in [4.78, 5) is 11.5. The van der Waals surface area contributed by atoms with Gasteiger partial charge in [0.15, 0.2) is 0 Å². The third kappa shape index (κ3) is 4.75. The summed E-state index contributed by atoms with van der Waals surface area (Å²) in [7, 11) is 0. The molecule has 4 heteroatoms. The molecule has 0 aliphatic rings. The molecule has 1 N–H and O–H groups in total. The monoisotopic (exact) mass is 319 g/mol. The third-order valence-electron chi connectivity index (χ3n) is 2.56. The lowest BCUT2D eigenvalue weighted by Crippen LogP contribution is -2.15. The van der Waals surface area contributed by atoms with Crippen molar-refractivity contribution in [2.45, 2.75) is 6.42 Å². The molecule has 19 heavy (non-hydrogen) atoms. The second kappa shape index (κ2) is 6.95. The Hall–Kier alpha value is -1.81. The van der Waals surface area contributed by atoms with Gasteiger partial charge in [-0.3, -0.25) is 5.32 Å². The van der Waals surface area contributed by atoms with Crippen molar-refractivity contribution in [1.82, 2.24) is 0 Å². The number of amides is 1. The van der Waals surface area contributed by atoms with E-state index in [9.17, 15) is 4.79 Å². The molecule has 0 aliphatic carbocycles. The number of para-hydroxylation sites is 1. The van der Waals surface area contributed by atoms with Crippen molar-refractivity contribution in [2.75, 3.05) is 11.9 Å². The van der Waals surface area contributed by atoms with Crippen LogP contribution in [0.15, 0.2) is 59.1 Å². The van der Waals surface area contributed by atoms with Crippen molar-refractivity contribution in [2.24, 2.45) is 0 Å². The fourth-order valence-corrected chi connectivity index (χ4v) is 1.85. The molecule has 0 aromatic heterocycles. The first-order valence-corrected chi connectivity index (χ1v) is 6.76. The number of benzene rings is 2. The van der Waals surface area contributed by atoms with Crippen molar-refractivity contribution in [1.29, 1.82) is 0 Å². The molecular weight excluding hydrogens is 306 g/mol. The lowest BCUT2D eigenvalue weighted by Gasteiger charge is -2.07. The van der Waals surface area contributed by atoms with Crippen molar-refractivity contribution in [3.8, 4) is 0 Å². The highest BCUT2D eigenvalue weighted by Crippen LogP contribution is 2.11. The van der Waals surface area contributed by atoms with Gasteiger partial charge in [-0.15, -0.1) is 0 Å². The molecule has 3 nitrogen and oxygen atoms in total. The van der Waals surface area contributed by atoms with E-state index in [0.29, 0.717) is 13.0 Å². The quantitative estimate of drug-likeness (QED) is 0.915. The molecule has 2 aromatic rings. The Balaban J connectivity index is 1.74. The van der Waals surface area contributed by atoms with E-state index in [-0.39, 0.29) is 0 Å². The summed E-state index contributed by atoms with van der Waals surface area (Å²) in [5, 5.41) is 2.67. The van der Waals surface area contributed by atoms with Gasteiger partial charge in [-0.05, 0) is 29.8 Å². The van der Waals surface area contributed by atoms with Crippen LogP contribution in [0.2, 0.25) is 0 Å². The Labute approximate surface area is 120 Å². The number of halogens is 1. The van der Waals surface area contributed by atoms with Crippen LogP contribution in [0.1, 0.15) is 5.56 Å². The Bertz CT molecular complexity index is 526. The highest BCUT2D eigenvalue weighted by Gasteiger charge is 2.02. The average Bonchev–Trinajstić information content (AvgIpc) is 2.42. The summed E-state index contributed by atoms with van der Waals surface area (Å²) in [5.41, 5.74) is 1.87. The number of ether oxygens (including phenoxy) is 1. The number of rotatable bonds is 4. The lowest BCUT2D eigenvalue weighted by molar-refractivity contribution is 0.163. The first-order chi connectivity index (χ1) is 9.24. The molecule has 2 rings (SSSR count). The third-order valence-corrected chi connectivity index (χ3v) is 3.09. The minimum Gasteiger partial charge on any atom is -0.449 e. The SMILES string of the molecule is O=C(Nc1ccccc1)OCCc1ccc(Br)cc1. The van der Waals surface area contributed by atoms with E-state index in [2.05, 4.69) is 21.2 Å². The maximum absolute atomic E-state index is 11.5. The zero-order valence-corrected chi connectivity index (χ0v) is 11.9. The standard InChI is InChI=1S/C15H14BrNO2/c16-13-8-6-12(7-9-13)10-11-19-15(18)17-14-4-2-1-3-5-14/h1-9H,10-11H2,(H,17,18). The first kappa shape index (κ1) is 13.6. The summed E-state index contributed by atoms with van der Waals surface area (Å²) in [6, 6.07) is 17.2. The van der Waals surface area contributed by atoms with E-state index in [0.717, 1.165) is 15.7 Å². The van der Waals surface area contributed by atoms with E-state index < -0.39 is 6.09 Å². The zero-order chi connectivity index (χ0) is 13.5. The molecule has 0 spiro atoms. The van der Waals surface area contributed by atoms with Crippen molar-refractivity contribution < 1.29 is 9.53 Å². The van der Waals surface area contributed by atoms with Crippen LogP contribution < -0.4 is 5.32 Å². The number of anilines is 1. The van der Waals surface area contributed by atoms with E-state index in [1.165, 1.54) is 0 Å². The molecule has 0 heterocycles. The Kier molecular flexibility index (Phi) is 4.98. The summed E-state index contributed by atoms with van der Waals surface area (Å²) in [6.07, 6.45) is 0.276. The Morgan fingerprint density at radius 2 is 1.74 bits per heavy atom. The van der Waals surface area contributed by atoms with Gasteiger partial charge in [0.1, 0.15) is 0 Å². The second-order valence-corrected chi connectivity index (χ2v) is 4.92. The highest BCUT2D eigenvalue weighted by atomic mass is 79.9. The number of carbonyl (C=O) groups excluding carboxylic acids is 1. The molecule has 1 amide bonds. The summed E-state index contributed by atoms with van der Waals surface area (Å²) in [5.74, 6) is 0. The molecule has 0 aliphatic heterocycles. The lowest BCUT2D eigenvalue weighted by atomic mass is 10.2. The van der Waals surface area contributed by atoms with Gasteiger partial charge in [-0.25, -0.2) is 4.79 Å². The average molecular weight is 320 g/mol. The maximum Gasteiger partial charge on any atom is 0.411 e. The topological polar surface area (TPSA) is 38.3 Å². The van der Waals surface area contributed by atoms with Gasteiger partial charge in [0, 0.05) is 16.6 Å². The predicted molar refractivity (Wildman–Crippen MR) is 79.3 cm³/mol. The van der Waals surface area contributed by atoms with Crippen LogP contribution in [0, 0.1) is 0 Å². The van der Waals surface area contributed by atoms with E-state index in [1.807, 2.05) is 54.6 Å². The van der Waals surface area contributed by atoms with Gasteiger partial charge in [-0.2, -0.15) is 0 Å². The molecule has 0 unspecified atom stereocenters. The zero-order valence-electron chi connectivity index (χ0n) is 10.3. The molecule has 0 saturated carbocycles. The van der Waals surface area contributed by atoms with Crippen molar-refractivity contribution >= 4 is 27.7 Å². The molecule has 2 aromatic carbocycles. The molecule has 0 saturated heterocycles. The van der Waals surface area contributed by atoms with E-state index in [4.69, 9.17) is 4.74 Å². The van der Waals surface area contributed by atoms with Crippen LogP contribution in [-0.2, 0) is 11.2 Å². The number of hydrogen-bond donors (Lipinski definition) is 1. The normalized spacial score (nSPS) is 9.95. The highest BCUT2D eigenvalue weighted by molar-refractivity contribution is 9.10. The van der Waals surface area contributed by atoms with Crippen LogP contribution in [0.4, 0.5) is 10.5 Å². The van der Waals surface area contributed by atoms with Gasteiger partial charge in [-0.1, -0.05) is 46.3 Å². The van der Waals surface area contributed by atoms with Crippen molar-refractivity contribution in [3.63, 3.8) is 0 Å². The van der Waals surface area contributed by atoms with E-state index >= 15 is 0 Å². The van der Waals surface area contributed by atoms with Gasteiger partial charge in [0.05, 0.1) is 6.61 Å². The van der Waals surface area contributed by atoms with Crippen LogP contribution in [0.3, 0.4) is 0 Å².